The molecule has 0 spiro atoms. The van der Waals surface area contributed by atoms with Crippen molar-refractivity contribution < 1.29 is 14.3 Å². The van der Waals surface area contributed by atoms with Crippen LogP contribution in [0.2, 0.25) is 0 Å². The minimum absolute atomic E-state index is 0.0885. The van der Waals surface area contributed by atoms with E-state index >= 15 is 0 Å². The predicted molar refractivity (Wildman–Crippen MR) is 106 cm³/mol. The molecule has 1 aliphatic rings. The molecule has 0 atom stereocenters. The molecule has 2 rings (SSSR count). The molecule has 0 unspecified atom stereocenters. The molecule has 1 N–H and O–H groups in total. The van der Waals surface area contributed by atoms with E-state index in [9.17, 15) is 4.79 Å². The number of hydrogen-bond acceptors (Lipinski definition) is 3. The lowest BCUT2D eigenvalue weighted by Gasteiger charge is -2.20. The van der Waals surface area contributed by atoms with Gasteiger partial charge in [-0.25, -0.2) is 0 Å². The molecular weight excluding hydrogens is 326 g/mol. The van der Waals surface area contributed by atoms with Crippen molar-refractivity contribution in [3.8, 4) is 11.5 Å². The van der Waals surface area contributed by atoms with E-state index < -0.39 is 0 Å². The molecule has 0 aromatic heterocycles. The van der Waals surface area contributed by atoms with E-state index in [-0.39, 0.29) is 5.91 Å². The van der Waals surface area contributed by atoms with Crippen molar-refractivity contribution in [1.82, 2.24) is 5.32 Å². The Hall–Kier alpha value is -1.71. The summed E-state index contributed by atoms with van der Waals surface area (Å²) in [5.74, 6) is 1.54. The lowest BCUT2D eigenvalue weighted by Crippen LogP contribution is -2.36. The number of carbonyl (C=O) groups excluding carboxylic acids is 1. The molecule has 0 bridgehead atoms. The molecule has 0 aliphatic heterocycles. The maximum absolute atomic E-state index is 12.6. The highest BCUT2D eigenvalue weighted by atomic mass is 16.5. The van der Waals surface area contributed by atoms with Crippen molar-refractivity contribution >= 4 is 5.91 Å². The average molecular weight is 362 g/mol. The Labute approximate surface area is 158 Å². The fourth-order valence-corrected chi connectivity index (χ4v) is 3.76. The molecule has 1 amide bonds. The summed E-state index contributed by atoms with van der Waals surface area (Å²) in [5.41, 5.74) is 0.902. The third-order valence-electron chi connectivity index (χ3n) is 5.32. The topological polar surface area (TPSA) is 47.6 Å². The minimum Gasteiger partial charge on any atom is -0.497 e. The van der Waals surface area contributed by atoms with Crippen molar-refractivity contribution in [2.45, 2.75) is 83.1 Å². The maximum atomic E-state index is 12.6. The predicted octanol–water partition coefficient (Wildman–Crippen LogP) is 5.04. The summed E-state index contributed by atoms with van der Waals surface area (Å²) in [6.07, 6.45) is 14.4. The second-order valence-corrected chi connectivity index (χ2v) is 7.38. The first kappa shape index (κ1) is 20.6. The number of nitrogens with one attached hydrogen (secondary N) is 1. The van der Waals surface area contributed by atoms with E-state index in [0.717, 1.165) is 24.2 Å². The highest BCUT2D eigenvalue weighted by molar-refractivity contribution is 5.79. The molecule has 1 saturated carbocycles. The highest BCUT2D eigenvalue weighted by Gasteiger charge is 2.15. The second kappa shape index (κ2) is 11.8. The first-order valence-electron chi connectivity index (χ1n) is 10.2. The van der Waals surface area contributed by atoms with Crippen LogP contribution in [-0.4, -0.2) is 26.2 Å². The van der Waals surface area contributed by atoms with Gasteiger partial charge in [-0.15, -0.1) is 0 Å². The van der Waals surface area contributed by atoms with E-state index in [1.807, 2.05) is 18.2 Å². The summed E-state index contributed by atoms with van der Waals surface area (Å²) in [6.45, 7) is 0. The Morgan fingerprint density at radius 1 is 0.923 bits per heavy atom. The number of hydrogen-bond donors (Lipinski definition) is 1. The lowest BCUT2D eigenvalue weighted by atomic mass is 9.97. The van der Waals surface area contributed by atoms with E-state index in [2.05, 4.69) is 5.32 Å². The number of amides is 1. The fourth-order valence-electron chi connectivity index (χ4n) is 3.76. The molecule has 1 aliphatic carbocycles. The van der Waals surface area contributed by atoms with Crippen LogP contribution >= 0.6 is 0 Å². The summed E-state index contributed by atoms with van der Waals surface area (Å²) < 4.78 is 10.6. The van der Waals surface area contributed by atoms with Crippen LogP contribution in [0.4, 0.5) is 0 Å². The van der Waals surface area contributed by atoms with Gasteiger partial charge in [0, 0.05) is 17.7 Å². The Bertz CT molecular complexity index is 532. The number of rotatable bonds is 5. The van der Waals surface area contributed by atoms with Crippen molar-refractivity contribution in [3.63, 3.8) is 0 Å². The molecular formula is C22H35NO3. The zero-order valence-electron chi connectivity index (χ0n) is 16.5. The van der Waals surface area contributed by atoms with Crippen LogP contribution < -0.4 is 14.8 Å². The Balaban J connectivity index is 1.89. The van der Waals surface area contributed by atoms with Crippen molar-refractivity contribution in [3.05, 3.63) is 23.8 Å². The van der Waals surface area contributed by atoms with Gasteiger partial charge in [0.2, 0.25) is 5.91 Å². The Morgan fingerprint density at radius 3 is 2.04 bits per heavy atom. The fraction of sp³-hybridized carbons (Fsp3) is 0.682. The summed E-state index contributed by atoms with van der Waals surface area (Å²) in [6, 6.07) is 5.93. The van der Waals surface area contributed by atoms with Crippen molar-refractivity contribution in [2.24, 2.45) is 0 Å². The normalized spacial score (nSPS) is 17.6. The number of methoxy groups -OCH3 is 2. The SMILES string of the molecule is COc1ccc(CC(=O)NC2CCCCCCCCCCC2)c(OC)c1. The van der Waals surface area contributed by atoms with Gasteiger partial charge in [0.05, 0.1) is 20.6 Å². The van der Waals surface area contributed by atoms with Crippen LogP contribution in [0.5, 0.6) is 11.5 Å². The van der Waals surface area contributed by atoms with Gasteiger partial charge >= 0.3 is 0 Å². The van der Waals surface area contributed by atoms with Crippen LogP contribution in [-0.2, 0) is 11.2 Å². The van der Waals surface area contributed by atoms with Crippen molar-refractivity contribution in [1.29, 1.82) is 0 Å². The number of ether oxygens (including phenoxy) is 2. The summed E-state index contributed by atoms with van der Waals surface area (Å²) in [4.78, 5) is 12.6. The molecule has 1 aromatic rings. The van der Waals surface area contributed by atoms with E-state index in [4.69, 9.17) is 9.47 Å². The first-order valence-corrected chi connectivity index (χ1v) is 10.2. The quantitative estimate of drug-likeness (QED) is 0.799. The second-order valence-electron chi connectivity index (χ2n) is 7.38. The third kappa shape index (κ3) is 7.27. The molecule has 4 heteroatoms. The minimum atomic E-state index is 0.0885. The van der Waals surface area contributed by atoms with Crippen LogP contribution in [0.25, 0.3) is 0 Å². The molecule has 0 saturated heterocycles. The number of benzene rings is 1. The van der Waals surface area contributed by atoms with Crippen LogP contribution in [0, 0.1) is 0 Å². The van der Waals surface area contributed by atoms with Gasteiger partial charge in [-0.3, -0.25) is 4.79 Å². The van der Waals surface area contributed by atoms with Gasteiger partial charge in [0.15, 0.2) is 0 Å². The largest absolute Gasteiger partial charge is 0.497 e. The lowest BCUT2D eigenvalue weighted by molar-refractivity contribution is -0.121. The van der Waals surface area contributed by atoms with Crippen molar-refractivity contribution in [2.75, 3.05) is 14.2 Å². The Morgan fingerprint density at radius 2 is 1.50 bits per heavy atom. The first-order chi connectivity index (χ1) is 12.7. The van der Waals surface area contributed by atoms with Gasteiger partial charge in [0.25, 0.3) is 0 Å². The molecule has 4 nitrogen and oxygen atoms in total. The molecule has 146 valence electrons. The molecule has 26 heavy (non-hydrogen) atoms. The van der Waals surface area contributed by atoms with E-state index in [0.29, 0.717) is 18.2 Å². The summed E-state index contributed by atoms with van der Waals surface area (Å²) >= 11 is 0. The van der Waals surface area contributed by atoms with Gasteiger partial charge in [-0.1, -0.05) is 63.9 Å². The smallest absolute Gasteiger partial charge is 0.224 e. The zero-order valence-corrected chi connectivity index (χ0v) is 16.5. The third-order valence-corrected chi connectivity index (χ3v) is 5.32. The standard InChI is InChI=1S/C22H35NO3/c1-25-20-15-14-18(21(17-20)26-2)16-22(24)23-19-12-10-8-6-4-3-5-7-9-11-13-19/h14-15,17,19H,3-13,16H2,1-2H3,(H,23,24). The molecule has 0 radical (unpaired) electrons. The van der Waals surface area contributed by atoms with Gasteiger partial charge in [0.1, 0.15) is 11.5 Å². The summed E-state index contributed by atoms with van der Waals surface area (Å²) in [5, 5.41) is 3.27. The van der Waals surface area contributed by atoms with E-state index in [1.54, 1.807) is 14.2 Å². The average Bonchev–Trinajstić information content (AvgIpc) is 2.64. The van der Waals surface area contributed by atoms with Crippen LogP contribution in [0.1, 0.15) is 76.2 Å². The van der Waals surface area contributed by atoms with Gasteiger partial charge < -0.3 is 14.8 Å². The van der Waals surface area contributed by atoms with Gasteiger partial charge in [-0.2, -0.15) is 0 Å². The number of carbonyl (C=O) groups is 1. The maximum Gasteiger partial charge on any atom is 0.224 e. The van der Waals surface area contributed by atoms with E-state index in [1.165, 1.54) is 57.8 Å². The summed E-state index contributed by atoms with van der Waals surface area (Å²) in [7, 11) is 3.26. The van der Waals surface area contributed by atoms with Crippen LogP contribution in [0.3, 0.4) is 0 Å². The Kier molecular flexibility index (Phi) is 9.36. The molecule has 0 heterocycles. The zero-order chi connectivity index (χ0) is 18.6. The van der Waals surface area contributed by atoms with Gasteiger partial charge in [-0.05, 0) is 18.9 Å². The molecule has 1 aromatic carbocycles. The molecule has 1 fully saturated rings. The van der Waals surface area contributed by atoms with Crippen LogP contribution in [0.15, 0.2) is 18.2 Å². The monoisotopic (exact) mass is 361 g/mol. The highest BCUT2D eigenvalue weighted by Crippen LogP contribution is 2.25.